The summed E-state index contributed by atoms with van der Waals surface area (Å²) in [6.07, 6.45) is 4.90. The van der Waals surface area contributed by atoms with E-state index >= 15 is 0 Å². The van der Waals surface area contributed by atoms with Gasteiger partial charge in [0.05, 0.1) is 12.3 Å². The molecular formula is C15H18N2O2. The van der Waals surface area contributed by atoms with Gasteiger partial charge in [0.15, 0.2) is 0 Å². The van der Waals surface area contributed by atoms with E-state index in [1.54, 1.807) is 12.1 Å². The van der Waals surface area contributed by atoms with Crippen LogP contribution in [0.4, 0.5) is 0 Å². The predicted octanol–water partition coefficient (Wildman–Crippen LogP) is 2.05. The van der Waals surface area contributed by atoms with Gasteiger partial charge in [0.2, 0.25) is 0 Å². The van der Waals surface area contributed by atoms with Crippen molar-refractivity contribution in [2.75, 3.05) is 6.61 Å². The molecule has 4 nitrogen and oxygen atoms in total. The van der Waals surface area contributed by atoms with E-state index in [0.29, 0.717) is 6.42 Å². The number of rotatable bonds is 3. The predicted molar refractivity (Wildman–Crippen MR) is 72.2 cm³/mol. The molecule has 4 heteroatoms. The summed E-state index contributed by atoms with van der Waals surface area (Å²) in [6, 6.07) is 7.27. The topological polar surface area (TPSA) is 58.3 Å². The minimum absolute atomic E-state index is 0.169. The van der Waals surface area contributed by atoms with Crippen LogP contribution in [-0.4, -0.2) is 26.4 Å². The summed E-state index contributed by atoms with van der Waals surface area (Å²) in [5.74, 6) is 1.46. The Morgan fingerprint density at radius 3 is 3.05 bits per heavy atom. The van der Waals surface area contributed by atoms with Crippen molar-refractivity contribution in [2.45, 2.75) is 31.7 Å². The van der Waals surface area contributed by atoms with E-state index in [4.69, 9.17) is 0 Å². The van der Waals surface area contributed by atoms with Crippen molar-refractivity contribution in [2.24, 2.45) is 0 Å². The van der Waals surface area contributed by atoms with Crippen LogP contribution in [0.3, 0.4) is 0 Å². The molecule has 2 N–H and O–H groups in total. The molecule has 1 unspecified atom stereocenters. The second-order valence-electron chi connectivity index (χ2n) is 5.15. The van der Waals surface area contributed by atoms with Crippen LogP contribution in [0.5, 0.6) is 5.75 Å². The maximum Gasteiger partial charge on any atom is 0.115 e. The van der Waals surface area contributed by atoms with Crippen LogP contribution >= 0.6 is 0 Å². The van der Waals surface area contributed by atoms with Gasteiger partial charge in [-0.2, -0.15) is 0 Å². The van der Waals surface area contributed by atoms with Crippen molar-refractivity contribution < 1.29 is 10.2 Å². The first kappa shape index (κ1) is 12.2. The Hall–Kier alpha value is -1.81. The van der Waals surface area contributed by atoms with Gasteiger partial charge >= 0.3 is 0 Å². The minimum Gasteiger partial charge on any atom is -0.508 e. The van der Waals surface area contributed by atoms with E-state index in [2.05, 4.69) is 15.7 Å². The summed E-state index contributed by atoms with van der Waals surface area (Å²) >= 11 is 0. The summed E-state index contributed by atoms with van der Waals surface area (Å²) in [6.45, 7) is 1.15. The highest BCUT2D eigenvalue weighted by atomic mass is 16.3. The summed E-state index contributed by atoms with van der Waals surface area (Å²) < 4.78 is 2.16. The molecule has 3 rings (SSSR count). The van der Waals surface area contributed by atoms with Gasteiger partial charge in [0, 0.05) is 25.1 Å². The Morgan fingerprint density at radius 2 is 2.26 bits per heavy atom. The van der Waals surface area contributed by atoms with Gasteiger partial charge in [-0.25, -0.2) is 4.98 Å². The van der Waals surface area contributed by atoms with Gasteiger partial charge in [-0.3, -0.25) is 0 Å². The lowest BCUT2D eigenvalue weighted by Crippen LogP contribution is -2.18. The molecule has 2 heterocycles. The first-order valence-electron chi connectivity index (χ1n) is 6.71. The Balaban J connectivity index is 1.85. The number of nitrogens with zero attached hydrogens (tertiary/aromatic N) is 2. The van der Waals surface area contributed by atoms with Gasteiger partial charge in [-0.15, -0.1) is 0 Å². The summed E-state index contributed by atoms with van der Waals surface area (Å²) in [4.78, 5) is 4.65. The first-order chi connectivity index (χ1) is 9.26. The van der Waals surface area contributed by atoms with E-state index < -0.39 is 0 Å². The molecule has 0 aliphatic carbocycles. The maximum absolute atomic E-state index is 9.47. The molecule has 1 aliphatic rings. The quantitative estimate of drug-likeness (QED) is 0.886. The summed E-state index contributed by atoms with van der Waals surface area (Å²) in [7, 11) is 0. The molecule has 0 amide bonds. The monoisotopic (exact) mass is 258 g/mol. The molecule has 0 spiro atoms. The fourth-order valence-corrected chi connectivity index (χ4v) is 2.76. The third-order valence-electron chi connectivity index (χ3n) is 3.69. The first-order valence-corrected chi connectivity index (χ1v) is 6.71. The molecule has 1 aliphatic heterocycles. The number of phenolic OH excluding ortho intramolecular Hbond substituents is 1. The molecule has 1 aromatic carbocycles. The molecule has 0 fully saturated rings. The Morgan fingerprint density at radius 1 is 1.37 bits per heavy atom. The zero-order chi connectivity index (χ0) is 13.2. The van der Waals surface area contributed by atoms with Crippen molar-refractivity contribution in [3.8, 4) is 5.75 Å². The smallest absolute Gasteiger partial charge is 0.115 e. The number of phenols is 1. The highest BCUT2D eigenvalue weighted by molar-refractivity contribution is 5.30. The van der Waals surface area contributed by atoms with Crippen molar-refractivity contribution in [1.82, 2.24) is 9.55 Å². The molecule has 2 aromatic rings. The number of imidazole rings is 1. The van der Waals surface area contributed by atoms with Crippen molar-refractivity contribution in [1.29, 1.82) is 0 Å². The Labute approximate surface area is 112 Å². The Kier molecular flexibility index (Phi) is 3.25. The van der Waals surface area contributed by atoms with Crippen LogP contribution < -0.4 is 0 Å². The van der Waals surface area contributed by atoms with E-state index in [-0.39, 0.29) is 18.3 Å². The number of aliphatic hydroxyl groups excluding tert-OH is 1. The van der Waals surface area contributed by atoms with E-state index in [0.717, 1.165) is 36.5 Å². The van der Waals surface area contributed by atoms with Gasteiger partial charge in [-0.05, 0) is 30.5 Å². The van der Waals surface area contributed by atoms with Crippen LogP contribution in [0.25, 0.3) is 0 Å². The fraction of sp³-hybridized carbons (Fsp3) is 0.400. The van der Waals surface area contributed by atoms with Gasteiger partial charge in [-0.1, -0.05) is 12.1 Å². The SMILES string of the molecule is OCC1CCCn2cc(Cc3cccc(O)c3)nc21. The van der Waals surface area contributed by atoms with E-state index in [1.165, 1.54) is 0 Å². The lowest BCUT2D eigenvalue weighted by Gasteiger charge is -2.21. The van der Waals surface area contributed by atoms with Crippen molar-refractivity contribution in [3.63, 3.8) is 0 Å². The largest absolute Gasteiger partial charge is 0.508 e. The van der Waals surface area contributed by atoms with Crippen LogP contribution in [0, 0.1) is 0 Å². The number of fused-ring (bicyclic) bond motifs is 1. The second kappa shape index (κ2) is 5.05. The molecule has 0 bridgehead atoms. The number of hydrogen-bond donors (Lipinski definition) is 2. The van der Waals surface area contributed by atoms with Crippen LogP contribution in [-0.2, 0) is 13.0 Å². The molecule has 0 saturated heterocycles. The molecule has 1 atom stereocenters. The number of hydrogen-bond acceptors (Lipinski definition) is 3. The van der Waals surface area contributed by atoms with Gasteiger partial charge in [0.25, 0.3) is 0 Å². The summed E-state index contributed by atoms with van der Waals surface area (Å²) in [5.41, 5.74) is 2.05. The number of aliphatic hydroxyl groups is 1. The van der Waals surface area contributed by atoms with Crippen molar-refractivity contribution >= 4 is 0 Å². The van der Waals surface area contributed by atoms with Gasteiger partial charge in [0.1, 0.15) is 11.6 Å². The van der Waals surface area contributed by atoms with Gasteiger partial charge < -0.3 is 14.8 Å². The second-order valence-corrected chi connectivity index (χ2v) is 5.15. The highest BCUT2D eigenvalue weighted by Gasteiger charge is 2.22. The van der Waals surface area contributed by atoms with Crippen LogP contribution in [0.1, 0.15) is 35.8 Å². The average molecular weight is 258 g/mol. The average Bonchev–Trinajstić information content (AvgIpc) is 2.80. The third-order valence-corrected chi connectivity index (χ3v) is 3.69. The Bertz CT molecular complexity index is 577. The zero-order valence-corrected chi connectivity index (χ0v) is 10.8. The lowest BCUT2D eigenvalue weighted by molar-refractivity contribution is 0.238. The molecule has 0 radical (unpaired) electrons. The molecule has 0 saturated carbocycles. The maximum atomic E-state index is 9.47. The standard InChI is InChI=1S/C15H18N2O2/c18-10-12-4-2-6-17-9-13(16-15(12)17)7-11-3-1-5-14(19)8-11/h1,3,5,8-9,12,18-19H,2,4,6-7,10H2. The molecule has 1 aromatic heterocycles. The van der Waals surface area contributed by atoms with Crippen LogP contribution in [0.15, 0.2) is 30.5 Å². The molecule has 19 heavy (non-hydrogen) atoms. The zero-order valence-electron chi connectivity index (χ0n) is 10.8. The molecular weight excluding hydrogens is 240 g/mol. The number of aryl methyl sites for hydroxylation is 1. The lowest BCUT2D eigenvalue weighted by atomic mass is 10.0. The minimum atomic E-state index is 0.169. The summed E-state index contributed by atoms with van der Waals surface area (Å²) in [5, 5.41) is 18.9. The molecule has 100 valence electrons. The third kappa shape index (κ3) is 2.49. The number of aromatic hydroxyl groups is 1. The normalized spacial score (nSPS) is 18.3. The van der Waals surface area contributed by atoms with E-state index in [9.17, 15) is 10.2 Å². The highest BCUT2D eigenvalue weighted by Crippen LogP contribution is 2.27. The van der Waals surface area contributed by atoms with E-state index in [1.807, 2.05) is 12.1 Å². The van der Waals surface area contributed by atoms with Crippen LogP contribution in [0.2, 0.25) is 0 Å². The number of aromatic nitrogens is 2. The van der Waals surface area contributed by atoms with Crippen molar-refractivity contribution in [3.05, 3.63) is 47.5 Å². The fourth-order valence-electron chi connectivity index (χ4n) is 2.76. The number of benzene rings is 1.